The Labute approximate surface area is 89.0 Å². The molecule has 0 heterocycles. The van der Waals surface area contributed by atoms with E-state index in [2.05, 4.69) is 0 Å². The molecule has 0 aliphatic heterocycles. The summed E-state index contributed by atoms with van der Waals surface area (Å²) in [6.07, 6.45) is -0.167. The van der Waals surface area contributed by atoms with Gasteiger partial charge in [0.25, 0.3) is 0 Å². The minimum atomic E-state index is -0.167. The summed E-state index contributed by atoms with van der Waals surface area (Å²) in [7, 11) is 0. The summed E-state index contributed by atoms with van der Waals surface area (Å²) in [5.74, 6) is 0. The largest absolute Gasteiger partial charge is 0.394 e. The fourth-order valence-corrected chi connectivity index (χ4v) is 0. The molecule has 32 valence electrons. The molecule has 0 rings (SSSR count). The van der Waals surface area contributed by atoms with Crippen LogP contribution >= 0.6 is 0 Å². The number of hydrogen-bond donors (Lipinski definition) is 1. The molecule has 1 N–H and O–H groups in total. The van der Waals surface area contributed by atoms with Crippen molar-refractivity contribution >= 4 is 0 Å². The van der Waals surface area contributed by atoms with Crippen LogP contribution in [0.2, 0.25) is 0 Å². The fourth-order valence-electron chi connectivity index (χ4n) is 0. The molecule has 0 aliphatic rings. The number of aliphatic hydroxyl groups is 1. The average Bonchev–Trinajstić information content (AvgIpc) is 0.811. The molecule has 6 heavy (non-hydrogen) atoms. The Morgan fingerprint density at radius 1 is 1.17 bits per heavy atom. The molecule has 0 atom stereocenters. The molecule has 2 radical (unpaired) electrons. The van der Waals surface area contributed by atoms with E-state index in [0.29, 0.717) is 0 Å². The monoisotopic (exact) mass is 238 g/mol. The van der Waals surface area contributed by atoms with Gasteiger partial charge in [-0.05, 0) is 13.8 Å². The molecule has 0 aromatic rings. The molecule has 0 aliphatic carbocycles. The molecule has 0 aromatic heterocycles. The van der Waals surface area contributed by atoms with E-state index in [9.17, 15) is 0 Å². The van der Waals surface area contributed by atoms with Gasteiger partial charge < -0.3 is 5.11 Å². The van der Waals surface area contributed by atoms with Gasteiger partial charge in [0.2, 0.25) is 0 Å². The van der Waals surface area contributed by atoms with Crippen LogP contribution in [0.25, 0.3) is 0 Å². The standard InChI is InChI=1S/C3H8O.2Y/c1-3(2)4;;/h3-4H,1-2H3;;. The van der Waals surface area contributed by atoms with Gasteiger partial charge >= 0.3 is 0 Å². The maximum Gasteiger partial charge on any atom is 0.0483 e. The Bertz CT molecular complexity index is 13.5. The normalized spacial score (nSPS) is 6.00. The van der Waals surface area contributed by atoms with E-state index in [4.69, 9.17) is 5.11 Å². The second kappa shape index (κ2) is 10.2. The Kier molecular flexibility index (Phi) is 26.7. The van der Waals surface area contributed by atoms with Crippen LogP contribution in [0.15, 0.2) is 0 Å². The van der Waals surface area contributed by atoms with Crippen molar-refractivity contribution in [3.8, 4) is 0 Å². The van der Waals surface area contributed by atoms with Crippen molar-refractivity contribution in [3.63, 3.8) is 0 Å². The SMILES string of the molecule is CC(C)O.[Y].[Y]. The molecular weight excluding hydrogens is 230 g/mol. The summed E-state index contributed by atoms with van der Waals surface area (Å²) < 4.78 is 0. The van der Waals surface area contributed by atoms with Gasteiger partial charge in [0.15, 0.2) is 0 Å². The van der Waals surface area contributed by atoms with Crippen molar-refractivity contribution in [2.45, 2.75) is 20.0 Å². The van der Waals surface area contributed by atoms with Crippen LogP contribution in [0.1, 0.15) is 13.8 Å². The second-order valence-electron chi connectivity index (χ2n) is 1.09. The second-order valence-corrected chi connectivity index (χ2v) is 1.09. The molecule has 0 unspecified atom stereocenters. The first-order valence-corrected chi connectivity index (χ1v) is 1.41. The van der Waals surface area contributed by atoms with E-state index in [-0.39, 0.29) is 71.5 Å². The van der Waals surface area contributed by atoms with Crippen LogP contribution in [0.5, 0.6) is 0 Å². The Balaban J connectivity index is -0.0000000450. The van der Waals surface area contributed by atoms with Crippen molar-refractivity contribution in [2.24, 2.45) is 0 Å². The van der Waals surface area contributed by atoms with Gasteiger partial charge in [0, 0.05) is 71.5 Å². The van der Waals surface area contributed by atoms with Crippen molar-refractivity contribution in [3.05, 3.63) is 0 Å². The van der Waals surface area contributed by atoms with Crippen LogP contribution in [0, 0.1) is 0 Å². The molecule has 0 fully saturated rings. The predicted molar refractivity (Wildman–Crippen MR) is 17.4 cm³/mol. The van der Waals surface area contributed by atoms with Gasteiger partial charge in [-0.2, -0.15) is 0 Å². The van der Waals surface area contributed by atoms with Crippen LogP contribution in [-0.4, -0.2) is 11.2 Å². The molecule has 0 bridgehead atoms. The molecule has 0 amide bonds. The number of hydrogen-bond acceptors (Lipinski definition) is 1. The van der Waals surface area contributed by atoms with Gasteiger partial charge in [-0.1, -0.05) is 0 Å². The van der Waals surface area contributed by atoms with Crippen molar-refractivity contribution in [1.82, 2.24) is 0 Å². The minimum Gasteiger partial charge on any atom is -0.394 e. The summed E-state index contributed by atoms with van der Waals surface area (Å²) in [5.41, 5.74) is 0. The first-order valence-electron chi connectivity index (χ1n) is 1.41. The van der Waals surface area contributed by atoms with E-state index >= 15 is 0 Å². The third-order valence-electron chi connectivity index (χ3n) is 0. The van der Waals surface area contributed by atoms with Crippen molar-refractivity contribution < 1.29 is 70.5 Å². The van der Waals surface area contributed by atoms with E-state index in [1.165, 1.54) is 0 Å². The van der Waals surface area contributed by atoms with Crippen LogP contribution in [-0.2, 0) is 65.4 Å². The minimum absolute atomic E-state index is 0. The predicted octanol–water partition coefficient (Wildman–Crippen LogP) is 0.382. The average molecular weight is 238 g/mol. The first-order chi connectivity index (χ1) is 1.73. The Morgan fingerprint density at radius 2 is 1.17 bits per heavy atom. The van der Waals surface area contributed by atoms with Gasteiger partial charge in [-0.25, -0.2) is 0 Å². The zero-order chi connectivity index (χ0) is 3.58. The zero-order valence-electron chi connectivity index (χ0n) is 4.18. The third-order valence-corrected chi connectivity index (χ3v) is 0. The third kappa shape index (κ3) is 35.1. The maximum absolute atomic E-state index is 8.06. The Morgan fingerprint density at radius 3 is 1.17 bits per heavy atom. The summed E-state index contributed by atoms with van der Waals surface area (Å²) in [6, 6.07) is 0. The van der Waals surface area contributed by atoms with Crippen molar-refractivity contribution in [2.75, 3.05) is 0 Å². The molecule has 0 saturated heterocycles. The maximum atomic E-state index is 8.06. The summed E-state index contributed by atoms with van der Waals surface area (Å²) in [4.78, 5) is 0. The quantitative estimate of drug-likeness (QED) is 0.646. The van der Waals surface area contributed by atoms with Crippen LogP contribution in [0.3, 0.4) is 0 Å². The van der Waals surface area contributed by atoms with E-state index in [0.717, 1.165) is 0 Å². The fraction of sp³-hybridized carbons (Fsp3) is 1.00. The first kappa shape index (κ1) is 15.7. The van der Waals surface area contributed by atoms with E-state index in [1.807, 2.05) is 0 Å². The molecule has 0 aromatic carbocycles. The molecular formula is C3H8OY2. The zero-order valence-corrected chi connectivity index (χ0v) is 9.86. The number of aliphatic hydroxyl groups excluding tert-OH is 1. The van der Waals surface area contributed by atoms with Gasteiger partial charge in [-0.15, -0.1) is 0 Å². The topological polar surface area (TPSA) is 20.2 Å². The van der Waals surface area contributed by atoms with Crippen LogP contribution < -0.4 is 0 Å². The molecule has 0 spiro atoms. The van der Waals surface area contributed by atoms with E-state index < -0.39 is 0 Å². The molecule has 1 nitrogen and oxygen atoms in total. The van der Waals surface area contributed by atoms with Gasteiger partial charge in [0.05, 0.1) is 0 Å². The summed E-state index contributed by atoms with van der Waals surface area (Å²) >= 11 is 0. The van der Waals surface area contributed by atoms with Crippen molar-refractivity contribution in [1.29, 1.82) is 0 Å². The number of rotatable bonds is 0. The Hall–Kier alpha value is 2.17. The van der Waals surface area contributed by atoms with Gasteiger partial charge in [0.1, 0.15) is 0 Å². The summed E-state index contributed by atoms with van der Waals surface area (Å²) in [5, 5.41) is 8.06. The van der Waals surface area contributed by atoms with Crippen LogP contribution in [0.4, 0.5) is 0 Å². The summed E-state index contributed by atoms with van der Waals surface area (Å²) in [6.45, 7) is 3.44. The molecule has 0 saturated carbocycles. The molecule has 3 heteroatoms. The van der Waals surface area contributed by atoms with Gasteiger partial charge in [-0.3, -0.25) is 0 Å². The van der Waals surface area contributed by atoms with E-state index in [1.54, 1.807) is 13.8 Å². The smallest absolute Gasteiger partial charge is 0.0483 e.